The number of amides is 1. The Bertz CT molecular complexity index is 170. The molecule has 0 heterocycles. The van der Waals surface area contributed by atoms with Crippen LogP contribution in [0.5, 0.6) is 0 Å². The summed E-state index contributed by atoms with van der Waals surface area (Å²) in [6, 6.07) is 0.154. The second kappa shape index (κ2) is 6.23. The molecule has 0 bridgehead atoms. The molecule has 13 heavy (non-hydrogen) atoms. The Labute approximate surface area is 107 Å². The zero-order valence-electron chi connectivity index (χ0n) is 7.86. The monoisotopic (exact) mass is 412 g/mol. The summed E-state index contributed by atoms with van der Waals surface area (Å²) in [5.74, 6) is 0. The fraction of sp³-hybridized carbons (Fsp3) is 0.857. The second-order valence-corrected chi connectivity index (χ2v) is 4.88. The van der Waals surface area contributed by atoms with Crippen LogP contribution in [-0.2, 0) is 4.74 Å². The van der Waals surface area contributed by atoms with Gasteiger partial charge in [-0.05, 0) is 5.41 Å². The van der Waals surface area contributed by atoms with Crippen LogP contribution in [0.1, 0.15) is 20.8 Å². The molecule has 0 aliphatic carbocycles. The normalized spacial score (nSPS) is 13.6. The van der Waals surface area contributed by atoms with Crippen molar-refractivity contribution in [3.05, 3.63) is 0 Å². The molecule has 6 heteroatoms. The van der Waals surface area contributed by atoms with E-state index in [1.54, 1.807) is 22.9 Å². The molecule has 0 aromatic heterocycles. The van der Waals surface area contributed by atoms with E-state index in [1.165, 1.54) is 0 Å². The molecular weight excluding hydrogens is 398 g/mol. The van der Waals surface area contributed by atoms with E-state index < -0.39 is 6.09 Å². The fourth-order valence-electron chi connectivity index (χ4n) is 0.631. The number of ether oxygens (including phenoxy) is 1. The van der Waals surface area contributed by atoms with E-state index in [-0.39, 0.29) is 11.5 Å². The number of hydrogen-bond donors (Lipinski definition) is 2. The Morgan fingerprint density at radius 3 is 2.31 bits per heavy atom. The van der Waals surface area contributed by atoms with Crippen molar-refractivity contribution in [2.45, 2.75) is 26.8 Å². The minimum Gasteiger partial charge on any atom is -0.447 e. The summed E-state index contributed by atoms with van der Waals surface area (Å²) in [6.07, 6.45) is -0.401. The van der Waals surface area contributed by atoms with Crippen LogP contribution in [0, 0.1) is 5.41 Å². The summed E-state index contributed by atoms with van der Waals surface area (Å²) in [6.45, 7) is 6.65. The summed E-state index contributed by atoms with van der Waals surface area (Å²) >= 11 is 3.82. The first-order chi connectivity index (χ1) is 5.91. The maximum atomic E-state index is 10.8. The molecule has 0 fully saturated rings. The number of rotatable bonds is 3. The third-order valence-electron chi connectivity index (χ3n) is 1.64. The molecule has 0 saturated heterocycles. The van der Waals surface area contributed by atoms with Crippen molar-refractivity contribution < 1.29 is 9.53 Å². The predicted molar refractivity (Wildman–Crippen MR) is 68.9 cm³/mol. The second-order valence-electron chi connectivity index (χ2n) is 3.72. The number of halogens is 2. The van der Waals surface area contributed by atoms with Gasteiger partial charge in [0.2, 0.25) is 0 Å². The zero-order valence-corrected chi connectivity index (χ0v) is 12.2. The Hall–Kier alpha value is 0.690. The summed E-state index contributed by atoms with van der Waals surface area (Å²) in [5.41, 5.74) is 0.0761. The average molecular weight is 412 g/mol. The van der Waals surface area contributed by atoms with Crippen molar-refractivity contribution in [1.82, 2.24) is 7.06 Å². The molecule has 0 aliphatic heterocycles. The van der Waals surface area contributed by atoms with Crippen molar-refractivity contribution in [3.63, 3.8) is 0 Å². The number of nitrogens with one attached hydrogen (secondary N) is 2. The molecule has 0 aromatic carbocycles. The van der Waals surface area contributed by atoms with Gasteiger partial charge < -0.3 is 4.74 Å². The number of carbonyl (C=O) groups excluding carboxylic acids is 1. The minimum absolute atomic E-state index is 0.0761. The van der Waals surface area contributed by atoms with E-state index in [0.29, 0.717) is 6.61 Å². The summed E-state index contributed by atoms with van der Waals surface area (Å²) in [7, 11) is 0. The lowest BCUT2D eigenvalue weighted by Crippen LogP contribution is -2.40. The summed E-state index contributed by atoms with van der Waals surface area (Å²) in [4.78, 5) is 10.8. The largest absolute Gasteiger partial charge is 0.447 e. The van der Waals surface area contributed by atoms with Gasteiger partial charge in [0, 0.05) is 22.9 Å². The van der Waals surface area contributed by atoms with Gasteiger partial charge in [-0.25, -0.2) is 4.79 Å². The molecule has 1 atom stereocenters. The van der Waals surface area contributed by atoms with Crippen molar-refractivity contribution in [2.24, 2.45) is 5.41 Å². The lowest BCUT2D eigenvalue weighted by molar-refractivity contribution is 0.122. The van der Waals surface area contributed by atoms with E-state index in [0.717, 1.165) is 0 Å². The predicted octanol–water partition coefficient (Wildman–Crippen LogP) is 2.42. The topological polar surface area (TPSA) is 50.4 Å². The Morgan fingerprint density at radius 2 is 2.00 bits per heavy atom. The van der Waals surface area contributed by atoms with Gasteiger partial charge in [-0.1, -0.05) is 20.8 Å². The van der Waals surface area contributed by atoms with Gasteiger partial charge in [0.15, 0.2) is 0 Å². The van der Waals surface area contributed by atoms with E-state index in [9.17, 15) is 4.79 Å². The molecule has 0 aromatic rings. The van der Waals surface area contributed by atoms with Crippen molar-refractivity contribution in [3.8, 4) is 0 Å². The SMILES string of the molecule is CC(C)(C)[C@@H](COC(=O)NI)NI. The third kappa shape index (κ3) is 5.89. The van der Waals surface area contributed by atoms with Crippen LogP contribution in [0.3, 0.4) is 0 Å². The first-order valence-electron chi connectivity index (χ1n) is 3.81. The molecule has 1 amide bonds. The molecule has 0 saturated carbocycles. The van der Waals surface area contributed by atoms with Crippen molar-refractivity contribution in [1.29, 1.82) is 0 Å². The van der Waals surface area contributed by atoms with Crippen molar-refractivity contribution >= 4 is 51.8 Å². The lowest BCUT2D eigenvalue weighted by atomic mass is 9.88. The van der Waals surface area contributed by atoms with Gasteiger partial charge in [-0.2, -0.15) is 0 Å². The van der Waals surface area contributed by atoms with Crippen LogP contribution in [0.4, 0.5) is 4.79 Å². The smallest absolute Gasteiger partial charge is 0.416 e. The highest BCUT2D eigenvalue weighted by Crippen LogP contribution is 2.20. The Balaban J connectivity index is 3.93. The standard InChI is InChI=1S/C7H14I2N2O2/c1-7(2,3)5(10-8)4-13-6(12)11-9/h5,10H,4H2,1-3H3,(H,11,12)/t5-/m1/s1. The number of carbonyl (C=O) groups is 1. The van der Waals surface area contributed by atoms with Gasteiger partial charge in [-0.15, -0.1) is 0 Å². The quantitative estimate of drug-likeness (QED) is 0.554. The van der Waals surface area contributed by atoms with Crippen LogP contribution in [0.25, 0.3) is 0 Å². The first kappa shape index (κ1) is 13.7. The Morgan fingerprint density at radius 1 is 1.46 bits per heavy atom. The highest BCUT2D eigenvalue weighted by atomic mass is 127. The molecule has 0 aliphatic rings. The highest BCUT2D eigenvalue weighted by molar-refractivity contribution is 14.1. The minimum atomic E-state index is -0.401. The average Bonchev–Trinajstić information content (AvgIpc) is 2.02. The van der Waals surface area contributed by atoms with Crippen LogP contribution in [0.2, 0.25) is 0 Å². The van der Waals surface area contributed by atoms with Crippen LogP contribution in [0.15, 0.2) is 0 Å². The van der Waals surface area contributed by atoms with E-state index >= 15 is 0 Å². The maximum Gasteiger partial charge on any atom is 0.416 e. The molecule has 0 unspecified atom stereocenters. The van der Waals surface area contributed by atoms with Gasteiger partial charge >= 0.3 is 6.09 Å². The van der Waals surface area contributed by atoms with E-state index in [1.807, 2.05) is 0 Å². The zero-order chi connectivity index (χ0) is 10.5. The lowest BCUT2D eigenvalue weighted by Gasteiger charge is -2.28. The van der Waals surface area contributed by atoms with Gasteiger partial charge in [0.1, 0.15) is 6.61 Å². The first-order valence-corrected chi connectivity index (χ1v) is 5.97. The maximum absolute atomic E-state index is 10.8. The molecular formula is C7H14I2N2O2. The fourth-order valence-corrected chi connectivity index (χ4v) is 1.90. The molecule has 0 rings (SSSR count). The Kier molecular flexibility index (Phi) is 6.56. The molecule has 78 valence electrons. The van der Waals surface area contributed by atoms with Crippen LogP contribution in [-0.4, -0.2) is 18.7 Å². The van der Waals surface area contributed by atoms with E-state index in [2.05, 4.69) is 50.7 Å². The molecule has 2 N–H and O–H groups in total. The highest BCUT2D eigenvalue weighted by Gasteiger charge is 2.24. The van der Waals surface area contributed by atoms with Crippen LogP contribution < -0.4 is 7.06 Å². The van der Waals surface area contributed by atoms with Crippen LogP contribution >= 0.6 is 45.7 Å². The van der Waals surface area contributed by atoms with Gasteiger partial charge in [-0.3, -0.25) is 7.06 Å². The third-order valence-corrected chi connectivity index (χ3v) is 2.83. The summed E-state index contributed by atoms with van der Waals surface area (Å²) in [5, 5.41) is 0. The summed E-state index contributed by atoms with van der Waals surface area (Å²) < 4.78 is 10.4. The van der Waals surface area contributed by atoms with E-state index in [4.69, 9.17) is 4.74 Å². The molecule has 0 spiro atoms. The number of hydrogen-bond acceptors (Lipinski definition) is 3. The molecule has 0 radical (unpaired) electrons. The molecule has 4 nitrogen and oxygen atoms in total. The van der Waals surface area contributed by atoms with Gasteiger partial charge in [0.25, 0.3) is 0 Å². The van der Waals surface area contributed by atoms with Crippen molar-refractivity contribution in [2.75, 3.05) is 6.61 Å². The van der Waals surface area contributed by atoms with Gasteiger partial charge in [0.05, 0.1) is 28.9 Å².